The largest absolute Gasteiger partial charge is 0.492 e. The van der Waals surface area contributed by atoms with Gasteiger partial charge in [-0.3, -0.25) is 9.59 Å². The Morgan fingerprint density at radius 1 is 1.11 bits per heavy atom. The molecule has 144 valence electrons. The minimum atomic E-state index is -0.281. The fourth-order valence-electron chi connectivity index (χ4n) is 2.59. The van der Waals surface area contributed by atoms with E-state index in [9.17, 15) is 9.59 Å². The van der Waals surface area contributed by atoms with Crippen molar-refractivity contribution in [2.75, 3.05) is 20.2 Å². The summed E-state index contributed by atoms with van der Waals surface area (Å²) >= 11 is 5.92. The standard InChI is InChI=1S/C21H20ClN3O3/c1-24(12-13-28-18-9-5-8-17(22)14-18)21(27)19-10-11-20(26)25(23-19)15-16-6-3-2-4-7-16/h2-11,14H,12-13,15H2,1H3. The Balaban J connectivity index is 1.63. The van der Waals surface area contributed by atoms with Gasteiger partial charge in [-0.1, -0.05) is 48.0 Å². The number of benzene rings is 2. The molecule has 6 nitrogen and oxygen atoms in total. The molecule has 2 aromatic carbocycles. The number of aromatic nitrogens is 2. The second kappa shape index (κ2) is 9.19. The second-order valence-electron chi connectivity index (χ2n) is 6.23. The van der Waals surface area contributed by atoms with Crippen molar-refractivity contribution in [3.05, 3.63) is 93.4 Å². The second-order valence-corrected chi connectivity index (χ2v) is 6.67. The van der Waals surface area contributed by atoms with Crippen molar-refractivity contribution in [2.24, 2.45) is 0 Å². The van der Waals surface area contributed by atoms with Gasteiger partial charge in [0.15, 0.2) is 0 Å². The molecule has 0 saturated carbocycles. The van der Waals surface area contributed by atoms with Crippen LogP contribution >= 0.6 is 11.6 Å². The summed E-state index contributed by atoms with van der Waals surface area (Å²) in [5.74, 6) is 0.361. The van der Waals surface area contributed by atoms with Gasteiger partial charge in [0.25, 0.3) is 11.5 Å². The minimum absolute atomic E-state index is 0.209. The number of hydrogen-bond donors (Lipinski definition) is 0. The highest BCUT2D eigenvalue weighted by atomic mass is 35.5. The highest BCUT2D eigenvalue weighted by Gasteiger charge is 2.15. The van der Waals surface area contributed by atoms with Gasteiger partial charge >= 0.3 is 0 Å². The summed E-state index contributed by atoms with van der Waals surface area (Å²) in [6, 6.07) is 19.4. The average molecular weight is 398 g/mol. The van der Waals surface area contributed by atoms with Gasteiger partial charge in [-0.2, -0.15) is 5.10 Å². The van der Waals surface area contributed by atoms with Gasteiger partial charge in [-0.25, -0.2) is 4.68 Å². The third kappa shape index (κ3) is 5.20. The zero-order valence-electron chi connectivity index (χ0n) is 15.4. The van der Waals surface area contributed by atoms with E-state index in [-0.39, 0.29) is 17.2 Å². The molecule has 1 aromatic heterocycles. The summed E-state index contributed by atoms with van der Waals surface area (Å²) in [5, 5.41) is 4.81. The highest BCUT2D eigenvalue weighted by molar-refractivity contribution is 6.30. The van der Waals surface area contributed by atoms with Crippen molar-refractivity contribution in [1.82, 2.24) is 14.7 Å². The fourth-order valence-corrected chi connectivity index (χ4v) is 2.77. The van der Waals surface area contributed by atoms with E-state index < -0.39 is 0 Å². The molecule has 0 spiro atoms. The van der Waals surface area contributed by atoms with Crippen molar-refractivity contribution in [3.8, 4) is 5.75 Å². The number of nitrogens with zero attached hydrogens (tertiary/aromatic N) is 3. The lowest BCUT2D eigenvalue weighted by Gasteiger charge is -2.17. The van der Waals surface area contributed by atoms with E-state index in [1.165, 1.54) is 21.7 Å². The number of hydrogen-bond acceptors (Lipinski definition) is 4. The SMILES string of the molecule is CN(CCOc1cccc(Cl)c1)C(=O)c1ccc(=O)n(Cc2ccccc2)n1. The number of amides is 1. The molecule has 0 fully saturated rings. The molecule has 3 aromatic rings. The van der Waals surface area contributed by atoms with Crippen molar-refractivity contribution in [2.45, 2.75) is 6.54 Å². The lowest BCUT2D eigenvalue weighted by atomic mass is 10.2. The third-order valence-corrected chi connectivity index (χ3v) is 4.33. The van der Waals surface area contributed by atoms with Gasteiger partial charge < -0.3 is 9.64 Å². The minimum Gasteiger partial charge on any atom is -0.492 e. The number of ether oxygens (including phenoxy) is 1. The van der Waals surface area contributed by atoms with Crippen LogP contribution in [0.1, 0.15) is 16.1 Å². The van der Waals surface area contributed by atoms with Crippen LogP contribution < -0.4 is 10.3 Å². The molecule has 0 unspecified atom stereocenters. The summed E-state index contributed by atoms with van der Waals surface area (Å²) in [4.78, 5) is 26.2. The molecule has 28 heavy (non-hydrogen) atoms. The van der Waals surface area contributed by atoms with E-state index in [2.05, 4.69) is 5.10 Å². The number of carbonyl (C=O) groups is 1. The van der Waals surface area contributed by atoms with Crippen LogP contribution in [-0.4, -0.2) is 40.8 Å². The zero-order chi connectivity index (χ0) is 19.9. The van der Waals surface area contributed by atoms with E-state index in [0.717, 1.165) is 5.56 Å². The molecule has 1 heterocycles. The molecule has 0 aliphatic carbocycles. The van der Waals surface area contributed by atoms with Crippen LogP contribution in [0.2, 0.25) is 5.02 Å². The van der Waals surface area contributed by atoms with Crippen LogP contribution in [0.15, 0.2) is 71.5 Å². The maximum atomic E-state index is 12.6. The van der Waals surface area contributed by atoms with Crippen LogP contribution in [0.3, 0.4) is 0 Å². The summed E-state index contributed by atoms with van der Waals surface area (Å²) in [6.45, 7) is 0.986. The Morgan fingerprint density at radius 2 is 1.89 bits per heavy atom. The Kier molecular flexibility index (Phi) is 6.45. The molecule has 7 heteroatoms. The molecule has 0 radical (unpaired) electrons. The van der Waals surface area contributed by atoms with E-state index in [4.69, 9.17) is 16.3 Å². The van der Waals surface area contributed by atoms with Gasteiger partial charge in [-0.05, 0) is 29.8 Å². The first-order valence-electron chi connectivity index (χ1n) is 8.79. The van der Waals surface area contributed by atoms with Crippen molar-refractivity contribution >= 4 is 17.5 Å². The smallest absolute Gasteiger partial charge is 0.274 e. The first kappa shape index (κ1) is 19.6. The van der Waals surface area contributed by atoms with Gasteiger partial charge in [0.05, 0.1) is 13.1 Å². The van der Waals surface area contributed by atoms with Crippen LogP contribution in [0.4, 0.5) is 0 Å². The number of halogens is 1. The molecule has 0 bridgehead atoms. The summed E-state index contributed by atoms with van der Waals surface area (Å²) in [7, 11) is 1.66. The maximum Gasteiger partial charge on any atom is 0.274 e. The third-order valence-electron chi connectivity index (χ3n) is 4.10. The molecule has 0 N–H and O–H groups in total. The molecule has 0 aliphatic heterocycles. The van der Waals surface area contributed by atoms with Crippen LogP contribution in [-0.2, 0) is 6.54 Å². The van der Waals surface area contributed by atoms with Gasteiger partial charge in [-0.15, -0.1) is 0 Å². The van der Waals surface area contributed by atoms with Crippen LogP contribution in [0, 0.1) is 0 Å². The molecular formula is C21H20ClN3O3. The molecule has 1 amide bonds. The number of carbonyl (C=O) groups excluding carboxylic acids is 1. The van der Waals surface area contributed by atoms with Gasteiger partial charge in [0, 0.05) is 18.1 Å². The van der Waals surface area contributed by atoms with E-state index in [0.29, 0.717) is 30.5 Å². The monoisotopic (exact) mass is 397 g/mol. The Labute approximate surface area is 167 Å². The zero-order valence-corrected chi connectivity index (χ0v) is 16.2. The Hall–Kier alpha value is -3.12. The van der Waals surface area contributed by atoms with Crippen LogP contribution in [0.5, 0.6) is 5.75 Å². The summed E-state index contributed by atoms with van der Waals surface area (Å²) in [5.41, 5.74) is 0.887. The topological polar surface area (TPSA) is 64.4 Å². The van der Waals surface area contributed by atoms with E-state index in [1.807, 2.05) is 30.3 Å². The van der Waals surface area contributed by atoms with E-state index in [1.54, 1.807) is 31.3 Å². The Bertz CT molecular complexity index is 1010. The highest BCUT2D eigenvalue weighted by Crippen LogP contribution is 2.16. The lowest BCUT2D eigenvalue weighted by Crippen LogP contribution is -2.33. The van der Waals surface area contributed by atoms with Gasteiger partial charge in [0.1, 0.15) is 18.1 Å². The average Bonchev–Trinajstić information content (AvgIpc) is 2.70. The molecule has 0 atom stereocenters. The molecule has 0 aliphatic rings. The first-order valence-corrected chi connectivity index (χ1v) is 9.16. The normalized spacial score (nSPS) is 10.5. The maximum absolute atomic E-state index is 12.6. The lowest BCUT2D eigenvalue weighted by molar-refractivity contribution is 0.0765. The Morgan fingerprint density at radius 3 is 2.64 bits per heavy atom. The van der Waals surface area contributed by atoms with Crippen molar-refractivity contribution < 1.29 is 9.53 Å². The predicted octanol–water partition coefficient (Wildman–Crippen LogP) is 3.10. The molecular weight excluding hydrogens is 378 g/mol. The molecule has 3 rings (SSSR count). The number of likely N-dealkylation sites (N-methyl/N-ethyl adjacent to an activating group) is 1. The first-order chi connectivity index (χ1) is 13.5. The summed E-state index contributed by atoms with van der Waals surface area (Å²) in [6.07, 6.45) is 0. The fraction of sp³-hybridized carbons (Fsp3) is 0.190. The number of rotatable bonds is 7. The van der Waals surface area contributed by atoms with Crippen LogP contribution in [0.25, 0.3) is 0 Å². The predicted molar refractivity (Wildman–Crippen MR) is 108 cm³/mol. The molecule has 0 saturated heterocycles. The summed E-state index contributed by atoms with van der Waals surface area (Å²) < 4.78 is 6.90. The van der Waals surface area contributed by atoms with Crippen molar-refractivity contribution in [1.29, 1.82) is 0 Å². The van der Waals surface area contributed by atoms with Gasteiger partial charge in [0.2, 0.25) is 0 Å². The van der Waals surface area contributed by atoms with Crippen molar-refractivity contribution in [3.63, 3.8) is 0 Å². The quantitative estimate of drug-likeness (QED) is 0.614. The van der Waals surface area contributed by atoms with E-state index >= 15 is 0 Å².